The van der Waals surface area contributed by atoms with Crippen LogP contribution in [-0.2, 0) is 6.54 Å². The van der Waals surface area contributed by atoms with Crippen LogP contribution in [0.1, 0.15) is 18.5 Å². The fourth-order valence-corrected chi connectivity index (χ4v) is 3.22. The van der Waals surface area contributed by atoms with Gasteiger partial charge < -0.3 is 4.90 Å². The molecule has 0 bridgehead atoms. The van der Waals surface area contributed by atoms with Crippen LogP contribution >= 0.6 is 11.3 Å². The Morgan fingerprint density at radius 1 is 1.39 bits per heavy atom. The number of aromatic nitrogens is 3. The summed E-state index contributed by atoms with van der Waals surface area (Å²) >= 11 is 1.40. The Bertz CT molecular complexity index is 720. The van der Waals surface area contributed by atoms with Crippen LogP contribution in [0.2, 0.25) is 0 Å². The fraction of sp³-hybridized carbons (Fsp3) is 0.467. The number of nitrogens with zero attached hydrogens (tertiary/aromatic N) is 4. The quantitative estimate of drug-likeness (QED) is 0.931. The third-order valence-electron chi connectivity index (χ3n) is 3.98. The molecule has 0 aromatic carbocycles. The van der Waals surface area contributed by atoms with E-state index in [2.05, 4.69) is 15.4 Å². The molecule has 3 rings (SSSR count). The van der Waals surface area contributed by atoms with Crippen molar-refractivity contribution in [1.82, 2.24) is 19.7 Å². The predicted molar refractivity (Wildman–Crippen MR) is 88.7 cm³/mol. The molecule has 23 heavy (non-hydrogen) atoms. The lowest BCUT2D eigenvalue weighted by atomic mass is 9.97. The van der Waals surface area contributed by atoms with Gasteiger partial charge in [-0.3, -0.25) is 10.1 Å². The van der Waals surface area contributed by atoms with Gasteiger partial charge in [0.05, 0.1) is 5.69 Å². The number of likely N-dealkylation sites (tertiary alicyclic amines) is 1. The Hall–Kier alpha value is -2.22. The number of rotatable bonds is 3. The zero-order valence-corrected chi connectivity index (χ0v) is 13.8. The minimum atomic E-state index is -0.107. The second-order valence-electron chi connectivity index (χ2n) is 5.69. The van der Waals surface area contributed by atoms with Crippen LogP contribution in [0, 0.1) is 12.8 Å². The lowest BCUT2D eigenvalue weighted by Gasteiger charge is -2.31. The van der Waals surface area contributed by atoms with Gasteiger partial charge in [-0.25, -0.2) is 14.5 Å². The summed E-state index contributed by atoms with van der Waals surface area (Å²) in [6, 6.07) is 3.17. The average molecular weight is 333 g/mol. The van der Waals surface area contributed by atoms with Crippen molar-refractivity contribution in [3.05, 3.63) is 39.8 Å². The molecular weight excluding hydrogens is 314 g/mol. The van der Waals surface area contributed by atoms with E-state index in [0.717, 1.165) is 18.5 Å². The molecule has 122 valence electrons. The highest BCUT2D eigenvalue weighted by Gasteiger charge is 2.24. The van der Waals surface area contributed by atoms with Crippen molar-refractivity contribution in [2.75, 3.05) is 18.4 Å². The molecule has 0 spiro atoms. The summed E-state index contributed by atoms with van der Waals surface area (Å²) in [4.78, 5) is 29.8. The second-order valence-corrected chi connectivity index (χ2v) is 6.59. The third kappa shape index (κ3) is 3.95. The Balaban J connectivity index is 1.53. The van der Waals surface area contributed by atoms with E-state index in [9.17, 15) is 9.59 Å². The largest absolute Gasteiger partial charge is 0.324 e. The van der Waals surface area contributed by atoms with Gasteiger partial charge in [0.2, 0.25) is 0 Å². The van der Waals surface area contributed by atoms with E-state index in [1.165, 1.54) is 16.0 Å². The van der Waals surface area contributed by atoms with Crippen molar-refractivity contribution in [2.45, 2.75) is 26.3 Å². The molecule has 3 heterocycles. The van der Waals surface area contributed by atoms with Gasteiger partial charge in [0.1, 0.15) is 0 Å². The number of carbonyl (C=O) groups excluding carboxylic acids is 1. The molecule has 2 amide bonds. The van der Waals surface area contributed by atoms with Crippen LogP contribution < -0.4 is 10.9 Å². The smallest absolute Gasteiger partial charge is 0.323 e. The van der Waals surface area contributed by atoms with E-state index >= 15 is 0 Å². The molecule has 0 saturated carbocycles. The summed E-state index contributed by atoms with van der Waals surface area (Å²) in [5.74, 6) is 0.367. The van der Waals surface area contributed by atoms with Crippen molar-refractivity contribution in [3.8, 4) is 0 Å². The number of aryl methyl sites for hydroxylation is 1. The maximum atomic E-state index is 12.1. The summed E-state index contributed by atoms with van der Waals surface area (Å²) in [5.41, 5.74) is 0.768. The van der Waals surface area contributed by atoms with Gasteiger partial charge in [-0.2, -0.15) is 5.10 Å². The highest BCUT2D eigenvalue weighted by atomic mass is 32.1. The standard InChI is InChI=1S/C15H19N5O2S/c1-11-2-3-13(21)20(18-11)10-12-4-7-19(8-5-12)15(22)17-14-16-6-9-23-14/h2-3,6,9,12H,4-5,7-8,10H2,1H3,(H,16,17,22). The van der Waals surface area contributed by atoms with E-state index in [4.69, 9.17) is 0 Å². The van der Waals surface area contributed by atoms with E-state index in [-0.39, 0.29) is 11.6 Å². The third-order valence-corrected chi connectivity index (χ3v) is 4.67. The topological polar surface area (TPSA) is 80.1 Å². The summed E-state index contributed by atoms with van der Waals surface area (Å²) < 4.78 is 1.53. The van der Waals surface area contributed by atoms with Gasteiger partial charge in [0.25, 0.3) is 5.56 Å². The highest BCUT2D eigenvalue weighted by Crippen LogP contribution is 2.20. The Kier molecular flexibility index (Phi) is 4.71. The van der Waals surface area contributed by atoms with Crippen molar-refractivity contribution >= 4 is 22.5 Å². The molecule has 0 atom stereocenters. The van der Waals surface area contributed by atoms with Crippen LogP contribution in [0.4, 0.5) is 9.93 Å². The number of nitrogens with one attached hydrogen (secondary N) is 1. The maximum Gasteiger partial charge on any atom is 0.323 e. The van der Waals surface area contributed by atoms with Gasteiger partial charge in [0, 0.05) is 37.3 Å². The van der Waals surface area contributed by atoms with Gasteiger partial charge in [-0.05, 0) is 31.7 Å². The second kappa shape index (κ2) is 6.91. The number of amides is 2. The van der Waals surface area contributed by atoms with Crippen LogP contribution in [0.3, 0.4) is 0 Å². The molecule has 1 N–H and O–H groups in total. The first-order valence-electron chi connectivity index (χ1n) is 7.62. The summed E-state index contributed by atoms with van der Waals surface area (Å²) in [5, 5.41) is 9.52. The number of hydrogen-bond donors (Lipinski definition) is 1. The van der Waals surface area contributed by atoms with Crippen molar-refractivity contribution in [3.63, 3.8) is 0 Å². The molecule has 7 nitrogen and oxygen atoms in total. The monoisotopic (exact) mass is 333 g/mol. The number of piperidine rings is 1. The van der Waals surface area contributed by atoms with Crippen LogP contribution in [0.5, 0.6) is 0 Å². The highest BCUT2D eigenvalue weighted by molar-refractivity contribution is 7.13. The molecule has 0 radical (unpaired) electrons. The first kappa shape index (κ1) is 15.7. The molecule has 1 aliphatic rings. The SMILES string of the molecule is Cc1ccc(=O)n(CC2CCN(C(=O)Nc3nccs3)CC2)n1. The molecule has 0 aliphatic carbocycles. The fourth-order valence-electron chi connectivity index (χ4n) is 2.70. The number of anilines is 1. The van der Waals surface area contributed by atoms with Crippen molar-refractivity contribution in [2.24, 2.45) is 5.92 Å². The molecule has 1 aliphatic heterocycles. The number of urea groups is 1. The molecule has 0 unspecified atom stereocenters. The van der Waals surface area contributed by atoms with Gasteiger partial charge in [-0.1, -0.05) is 0 Å². The normalized spacial score (nSPS) is 15.6. The van der Waals surface area contributed by atoms with Crippen molar-refractivity contribution in [1.29, 1.82) is 0 Å². The molecule has 8 heteroatoms. The van der Waals surface area contributed by atoms with Gasteiger partial charge in [-0.15, -0.1) is 11.3 Å². The summed E-state index contributed by atoms with van der Waals surface area (Å²) in [7, 11) is 0. The summed E-state index contributed by atoms with van der Waals surface area (Å²) in [6.45, 7) is 3.86. The Labute approximate surface area is 138 Å². The molecule has 2 aromatic heterocycles. The Morgan fingerprint density at radius 2 is 2.17 bits per heavy atom. The zero-order chi connectivity index (χ0) is 16.2. The Morgan fingerprint density at radius 3 is 2.87 bits per heavy atom. The number of carbonyl (C=O) groups is 1. The van der Waals surface area contributed by atoms with Crippen LogP contribution in [0.15, 0.2) is 28.5 Å². The maximum absolute atomic E-state index is 12.1. The lowest BCUT2D eigenvalue weighted by Crippen LogP contribution is -2.42. The minimum absolute atomic E-state index is 0.0699. The minimum Gasteiger partial charge on any atom is -0.324 e. The van der Waals surface area contributed by atoms with Gasteiger partial charge in [0.15, 0.2) is 5.13 Å². The van der Waals surface area contributed by atoms with Crippen molar-refractivity contribution < 1.29 is 4.79 Å². The summed E-state index contributed by atoms with van der Waals surface area (Å²) in [6.07, 6.45) is 3.40. The molecular formula is C15H19N5O2S. The molecule has 1 saturated heterocycles. The number of thiazole rings is 1. The first-order valence-corrected chi connectivity index (χ1v) is 8.50. The average Bonchev–Trinajstić information content (AvgIpc) is 3.04. The van der Waals surface area contributed by atoms with E-state index in [1.54, 1.807) is 23.2 Å². The van der Waals surface area contributed by atoms with E-state index < -0.39 is 0 Å². The van der Waals surface area contributed by atoms with Gasteiger partial charge >= 0.3 is 6.03 Å². The van der Waals surface area contributed by atoms with E-state index in [1.807, 2.05) is 12.3 Å². The molecule has 1 fully saturated rings. The van der Waals surface area contributed by atoms with Crippen LogP contribution in [-0.4, -0.2) is 38.8 Å². The number of hydrogen-bond acceptors (Lipinski definition) is 5. The van der Waals surface area contributed by atoms with Crippen LogP contribution in [0.25, 0.3) is 0 Å². The lowest BCUT2D eigenvalue weighted by molar-refractivity contribution is 0.174. The molecule has 2 aromatic rings. The first-order chi connectivity index (χ1) is 11.1. The van der Waals surface area contributed by atoms with E-state index in [0.29, 0.717) is 30.7 Å². The predicted octanol–water partition coefficient (Wildman–Crippen LogP) is 1.95. The zero-order valence-electron chi connectivity index (χ0n) is 12.9.